The summed E-state index contributed by atoms with van der Waals surface area (Å²) in [7, 11) is 0. The van der Waals surface area contributed by atoms with Gasteiger partial charge in [-0.1, -0.05) is 17.7 Å². The molecular weight excluding hydrogens is 124 g/mol. The van der Waals surface area contributed by atoms with Crippen molar-refractivity contribution in [2.45, 2.75) is 27.2 Å². The fourth-order valence-corrected chi connectivity index (χ4v) is 0.529. The molecule has 0 aliphatic rings. The van der Waals surface area contributed by atoms with E-state index in [1.165, 1.54) is 5.57 Å². The summed E-state index contributed by atoms with van der Waals surface area (Å²) in [6.45, 7) is 5.90. The molecule has 0 aromatic rings. The molecule has 0 unspecified atom stereocenters. The Morgan fingerprint density at radius 2 is 1.80 bits per heavy atom. The number of carbonyl (C=O) groups excluding carboxylic acids is 1. The lowest BCUT2D eigenvalue weighted by Gasteiger charge is -1.87. The largest absolute Gasteiger partial charge is 0.298 e. The highest BCUT2D eigenvalue weighted by atomic mass is 16.1. The molecule has 56 valence electrons. The standard InChI is InChI=1S/C9H14O/c1-8(2)5-4-6-9(3)7-10/h5-7H,4H2,1-3H3/b9-6+. The Hall–Kier alpha value is -0.850. The van der Waals surface area contributed by atoms with Crippen molar-refractivity contribution in [3.8, 4) is 0 Å². The van der Waals surface area contributed by atoms with Crippen molar-refractivity contribution in [1.29, 1.82) is 0 Å². The predicted molar refractivity (Wildman–Crippen MR) is 43.9 cm³/mol. The van der Waals surface area contributed by atoms with Crippen molar-refractivity contribution < 1.29 is 4.79 Å². The summed E-state index contributed by atoms with van der Waals surface area (Å²) in [5.74, 6) is 0. The van der Waals surface area contributed by atoms with Crippen LogP contribution in [0.4, 0.5) is 0 Å². The van der Waals surface area contributed by atoms with Crippen LogP contribution in [-0.4, -0.2) is 6.29 Å². The maximum absolute atomic E-state index is 10.1. The van der Waals surface area contributed by atoms with E-state index in [1.807, 2.05) is 26.8 Å². The van der Waals surface area contributed by atoms with Crippen LogP contribution in [0.15, 0.2) is 23.3 Å². The number of rotatable bonds is 3. The first kappa shape index (κ1) is 9.15. The SMILES string of the molecule is CC(C)=CC/C=C(\C)C=O. The van der Waals surface area contributed by atoms with Gasteiger partial charge in [0.1, 0.15) is 6.29 Å². The van der Waals surface area contributed by atoms with E-state index in [4.69, 9.17) is 0 Å². The normalized spacial score (nSPS) is 10.9. The monoisotopic (exact) mass is 138 g/mol. The summed E-state index contributed by atoms with van der Waals surface area (Å²) >= 11 is 0. The molecule has 0 aliphatic carbocycles. The van der Waals surface area contributed by atoms with Crippen molar-refractivity contribution in [3.63, 3.8) is 0 Å². The lowest BCUT2D eigenvalue weighted by atomic mass is 10.2. The molecule has 1 heteroatoms. The third kappa shape index (κ3) is 5.29. The number of hydrogen-bond donors (Lipinski definition) is 0. The van der Waals surface area contributed by atoms with Crippen LogP contribution in [-0.2, 0) is 4.79 Å². The Kier molecular flexibility index (Phi) is 4.55. The Morgan fingerprint density at radius 1 is 1.20 bits per heavy atom. The van der Waals surface area contributed by atoms with E-state index in [-0.39, 0.29) is 0 Å². The van der Waals surface area contributed by atoms with Gasteiger partial charge in [-0.05, 0) is 32.8 Å². The average molecular weight is 138 g/mol. The molecule has 10 heavy (non-hydrogen) atoms. The van der Waals surface area contributed by atoms with E-state index in [9.17, 15) is 4.79 Å². The second kappa shape index (κ2) is 4.98. The van der Waals surface area contributed by atoms with Gasteiger partial charge in [0.05, 0.1) is 0 Å². The van der Waals surface area contributed by atoms with Gasteiger partial charge in [0.2, 0.25) is 0 Å². The number of hydrogen-bond acceptors (Lipinski definition) is 1. The molecule has 0 aromatic carbocycles. The van der Waals surface area contributed by atoms with Gasteiger partial charge in [-0.25, -0.2) is 0 Å². The van der Waals surface area contributed by atoms with Gasteiger partial charge in [-0.3, -0.25) is 4.79 Å². The molecule has 1 nitrogen and oxygen atoms in total. The zero-order valence-corrected chi connectivity index (χ0v) is 6.85. The molecule has 0 spiro atoms. The molecule has 0 saturated carbocycles. The van der Waals surface area contributed by atoms with E-state index < -0.39 is 0 Å². The number of allylic oxidation sites excluding steroid dienone is 4. The minimum absolute atomic E-state index is 0.803. The van der Waals surface area contributed by atoms with Crippen LogP contribution in [0.25, 0.3) is 0 Å². The van der Waals surface area contributed by atoms with Crippen LogP contribution in [0.5, 0.6) is 0 Å². The van der Waals surface area contributed by atoms with Crippen LogP contribution in [0.3, 0.4) is 0 Å². The summed E-state index contributed by atoms with van der Waals surface area (Å²) in [6, 6.07) is 0. The zero-order valence-electron chi connectivity index (χ0n) is 6.85. The highest BCUT2D eigenvalue weighted by Gasteiger charge is 1.80. The smallest absolute Gasteiger partial charge is 0.145 e. The molecule has 0 aliphatic heterocycles. The highest BCUT2D eigenvalue weighted by molar-refractivity contribution is 5.71. The molecule has 0 rings (SSSR count). The second-order valence-electron chi connectivity index (χ2n) is 2.58. The second-order valence-corrected chi connectivity index (χ2v) is 2.58. The summed E-state index contributed by atoms with van der Waals surface area (Å²) in [6.07, 6.45) is 5.75. The molecule has 0 saturated heterocycles. The predicted octanol–water partition coefficient (Wildman–Crippen LogP) is 2.49. The fourth-order valence-electron chi connectivity index (χ4n) is 0.529. The van der Waals surface area contributed by atoms with Crippen molar-refractivity contribution in [3.05, 3.63) is 23.3 Å². The first-order valence-electron chi connectivity index (χ1n) is 3.42. The lowest BCUT2D eigenvalue weighted by Crippen LogP contribution is -1.74. The van der Waals surface area contributed by atoms with Gasteiger partial charge < -0.3 is 0 Å². The molecule has 0 fully saturated rings. The number of carbonyl (C=O) groups is 1. The van der Waals surface area contributed by atoms with Crippen molar-refractivity contribution in [2.24, 2.45) is 0 Å². The van der Waals surface area contributed by atoms with Gasteiger partial charge in [-0.15, -0.1) is 0 Å². The minimum Gasteiger partial charge on any atom is -0.298 e. The molecule has 0 bridgehead atoms. The van der Waals surface area contributed by atoms with Gasteiger partial charge in [0, 0.05) is 0 Å². The first-order chi connectivity index (χ1) is 4.66. The summed E-state index contributed by atoms with van der Waals surface area (Å²) < 4.78 is 0. The van der Waals surface area contributed by atoms with E-state index in [1.54, 1.807) is 0 Å². The molecule has 0 heterocycles. The molecule has 0 N–H and O–H groups in total. The van der Waals surface area contributed by atoms with Gasteiger partial charge in [0.25, 0.3) is 0 Å². The molecule has 0 radical (unpaired) electrons. The number of aldehydes is 1. The highest BCUT2D eigenvalue weighted by Crippen LogP contribution is 1.96. The van der Waals surface area contributed by atoms with E-state index >= 15 is 0 Å². The Morgan fingerprint density at radius 3 is 2.20 bits per heavy atom. The van der Waals surface area contributed by atoms with Gasteiger partial charge in [0.15, 0.2) is 0 Å². The molecule has 0 amide bonds. The summed E-state index contributed by atoms with van der Waals surface area (Å²) in [5.41, 5.74) is 2.09. The van der Waals surface area contributed by atoms with Gasteiger partial charge >= 0.3 is 0 Å². The molecule has 0 atom stereocenters. The fraction of sp³-hybridized carbons (Fsp3) is 0.444. The third-order valence-electron chi connectivity index (χ3n) is 1.15. The summed E-state index contributed by atoms with van der Waals surface area (Å²) in [4.78, 5) is 10.1. The Bertz CT molecular complexity index is 160. The van der Waals surface area contributed by atoms with Crippen LogP contribution in [0.2, 0.25) is 0 Å². The van der Waals surface area contributed by atoms with Gasteiger partial charge in [-0.2, -0.15) is 0 Å². The van der Waals surface area contributed by atoms with Crippen LogP contribution < -0.4 is 0 Å². The van der Waals surface area contributed by atoms with Crippen LogP contribution >= 0.6 is 0 Å². The van der Waals surface area contributed by atoms with Crippen LogP contribution in [0, 0.1) is 0 Å². The molecular formula is C9H14O. The van der Waals surface area contributed by atoms with Crippen LogP contribution in [0.1, 0.15) is 27.2 Å². The topological polar surface area (TPSA) is 17.1 Å². The third-order valence-corrected chi connectivity index (χ3v) is 1.15. The van der Waals surface area contributed by atoms with E-state index in [0.29, 0.717) is 0 Å². The first-order valence-corrected chi connectivity index (χ1v) is 3.42. The maximum atomic E-state index is 10.1. The summed E-state index contributed by atoms with van der Waals surface area (Å²) in [5, 5.41) is 0. The van der Waals surface area contributed by atoms with Crippen molar-refractivity contribution in [2.75, 3.05) is 0 Å². The van der Waals surface area contributed by atoms with Crippen molar-refractivity contribution in [1.82, 2.24) is 0 Å². The Labute approximate surface area is 62.4 Å². The Balaban J connectivity index is 3.74. The maximum Gasteiger partial charge on any atom is 0.145 e. The zero-order chi connectivity index (χ0) is 7.98. The van der Waals surface area contributed by atoms with Crippen molar-refractivity contribution >= 4 is 6.29 Å². The minimum atomic E-state index is 0.803. The average Bonchev–Trinajstić information content (AvgIpc) is 1.87. The quantitative estimate of drug-likeness (QED) is 0.332. The van der Waals surface area contributed by atoms with E-state index in [2.05, 4.69) is 6.08 Å². The lowest BCUT2D eigenvalue weighted by molar-refractivity contribution is -0.104. The van der Waals surface area contributed by atoms with E-state index in [0.717, 1.165) is 18.3 Å². The molecule has 0 aromatic heterocycles.